The number of likely N-dealkylation sites (N-methyl/N-ethyl adjacent to an activating group) is 2. The highest BCUT2D eigenvalue weighted by Gasteiger charge is 2.35. The van der Waals surface area contributed by atoms with Gasteiger partial charge in [-0.2, -0.15) is 0 Å². The van der Waals surface area contributed by atoms with Gasteiger partial charge in [-0.25, -0.2) is 12.7 Å². The average Bonchev–Trinajstić information content (AvgIpc) is 3.14. The third-order valence-corrected chi connectivity index (χ3v) is 11.9. The number of carbonyl (C=O) groups excluding carboxylic acids is 2. The van der Waals surface area contributed by atoms with Crippen LogP contribution in [0.1, 0.15) is 75.3 Å². The van der Waals surface area contributed by atoms with Gasteiger partial charge in [0.05, 0.1) is 29.9 Å². The molecule has 1 aliphatic rings. The molecule has 0 spiro atoms. The van der Waals surface area contributed by atoms with E-state index < -0.39 is 57.8 Å². The van der Waals surface area contributed by atoms with Gasteiger partial charge in [-0.15, -0.1) is 24.7 Å². The molecular formula is C41H58N4O6S. The van der Waals surface area contributed by atoms with E-state index in [1.807, 2.05) is 72.6 Å². The SMILES string of the molecule is C#CCCC[C@H](O)[C@H](O)[C@H](CC1CCCCC1)NC(=O)[C@H](CC#C)NC(=O)[C@@H](Cc1ccccc1)CS(=O)(=O)N(C)CCN(C)Cc1ccccc1. The lowest BCUT2D eigenvalue weighted by Crippen LogP contribution is -2.56. The Kier molecular flexibility index (Phi) is 18.4. The molecule has 0 aromatic heterocycles. The van der Waals surface area contributed by atoms with E-state index >= 15 is 0 Å². The number of nitrogens with one attached hydrogen (secondary N) is 2. The summed E-state index contributed by atoms with van der Waals surface area (Å²) >= 11 is 0. The number of sulfonamides is 1. The van der Waals surface area contributed by atoms with Crippen molar-refractivity contribution in [2.45, 2.75) is 101 Å². The number of benzene rings is 2. The van der Waals surface area contributed by atoms with Gasteiger partial charge >= 0.3 is 0 Å². The highest BCUT2D eigenvalue weighted by atomic mass is 32.2. The Morgan fingerprint density at radius 1 is 0.885 bits per heavy atom. The van der Waals surface area contributed by atoms with E-state index in [0.717, 1.165) is 43.2 Å². The van der Waals surface area contributed by atoms with Crippen LogP contribution >= 0.6 is 0 Å². The Bertz CT molecular complexity index is 1550. The highest BCUT2D eigenvalue weighted by Crippen LogP contribution is 2.29. The zero-order chi connectivity index (χ0) is 37.9. The molecule has 1 aliphatic carbocycles. The first-order valence-electron chi connectivity index (χ1n) is 18.5. The van der Waals surface area contributed by atoms with Crippen molar-refractivity contribution in [3.63, 3.8) is 0 Å². The Morgan fingerprint density at radius 2 is 1.52 bits per heavy atom. The molecule has 0 unspecified atom stereocenters. The summed E-state index contributed by atoms with van der Waals surface area (Å²) in [4.78, 5) is 29.8. The van der Waals surface area contributed by atoms with Crippen LogP contribution in [0.25, 0.3) is 0 Å². The third-order valence-electron chi connectivity index (χ3n) is 9.90. The standard InChI is InChI=1S/C41H58N4O6S/c1-5-7-11-25-38(46)39(47)37(29-33-21-14-9-15-22-33)43-41(49)36(18-6-2)42-40(48)35(28-32-19-12-8-13-20-32)31-52(50,51)45(4)27-26-44(3)30-34-23-16-10-17-24-34/h1-2,8,10,12-13,16-17,19-20,23-24,33,35-39,46-47H,7,9,11,14-15,18,21-22,25-31H2,3-4H3,(H,42,48)(H,43,49)/t35-,36-,37-,38-,39+/m0/s1. The van der Waals surface area contributed by atoms with Crippen LogP contribution in [0.4, 0.5) is 0 Å². The van der Waals surface area contributed by atoms with Gasteiger partial charge < -0.3 is 25.7 Å². The van der Waals surface area contributed by atoms with Crippen LogP contribution in [0, 0.1) is 36.5 Å². The molecule has 52 heavy (non-hydrogen) atoms. The number of hydrogen-bond donors (Lipinski definition) is 4. The van der Waals surface area contributed by atoms with Gasteiger partial charge in [-0.3, -0.25) is 9.59 Å². The number of unbranched alkanes of at least 4 members (excludes halogenated alkanes) is 1. The fraction of sp³-hybridized carbons (Fsp3) is 0.561. The van der Waals surface area contributed by atoms with Crippen LogP contribution < -0.4 is 10.6 Å². The first-order chi connectivity index (χ1) is 24.9. The van der Waals surface area contributed by atoms with Crippen LogP contribution in [0.5, 0.6) is 0 Å². The van der Waals surface area contributed by atoms with Crippen molar-refractivity contribution in [3.8, 4) is 24.7 Å². The van der Waals surface area contributed by atoms with Gasteiger partial charge in [-0.1, -0.05) is 92.8 Å². The maximum absolute atomic E-state index is 13.9. The summed E-state index contributed by atoms with van der Waals surface area (Å²) in [5, 5.41) is 27.7. The second-order valence-corrected chi connectivity index (χ2v) is 16.3. The Morgan fingerprint density at radius 3 is 2.13 bits per heavy atom. The lowest BCUT2D eigenvalue weighted by atomic mass is 9.82. The summed E-state index contributed by atoms with van der Waals surface area (Å²) in [6, 6.07) is 17.1. The van der Waals surface area contributed by atoms with Gasteiger partial charge in [0.15, 0.2) is 0 Å². The van der Waals surface area contributed by atoms with E-state index in [-0.39, 0.29) is 31.7 Å². The van der Waals surface area contributed by atoms with Crippen molar-refractivity contribution in [1.29, 1.82) is 0 Å². The van der Waals surface area contributed by atoms with Crippen LogP contribution in [0.3, 0.4) is 0 Å². The van der Waals surface area contributed by atoms with Crippen LogP contribution in [0.2, 0.25) is 0 Å². The molecule has 4 N–H and O–H groups in total. The molecule has 5 atom stereocenters. The zero-order valence-corrected chi connectivity index (χ0v) is 31.6. The van der Waals surface area contributed by atoms with Gasteiger partial charge in [-0.05, 0) is 49.8 Å². The number of carbonyl (C=O) groups is 2. The molecule has 0 aliphatic heterocycles. The van der Waals surface area contributed by atoms with Crippen LogP contribution in [0.15, 0.2) is 60.7 Å². The fourth-order valence-corrected chi connectivity index (χ4v) is 8.14. The number of rotatable bonds is 22. The molecular weight excluding hydrogens is 677 g/mol. The van der Waals surface area contributed by atoms with Crippen molar-refractivity contribution in [3.05, 3.63) is 71.8 Å². The maximum atomic E-state index is 13.9. The molecule has 10 nitrogen and oxygen atoms in total. The monoisotopic (exact) mass is 734 g/mol. The Hall–Kier alpha value is -3.71. The lowest BCUT2D eigenvalue weighted by Gasteiger charge is -2.33. The van der Waals surface area contributed by atoms with E-state index in [1.54, 1.807) is 0 Å². The molecule has 1 saturated carbocycles. The molecule has 11 heteroatoms. The van der Waals surface area contributed by atoms with Gasteiger partial charge in [0.1, 0.15) is 6.04 Å². The first-order valence-corrected chi connectivity index (χ1v) is 20.1. The Labute approximate surface area is 311 Å². The minimum atomic E-state index is -3.90. The minimum absolute atomic E-state index is 0.130. The van der Waals surface area contributed by atoms with Crippen molar-refractivity contribution >= 4 is 21.8 Å². The van der Waals surface area contributed by atoms with E-state index in [4.69, 9.17) is 12.8 Å². The van der Waals surface area contributed by atoms with Gasteiger partial charge in [0, 0.05) is 39.5 Å². The van der Waals surface area contributed by atoms with Crippen LogP contribution in [-0.4, -0.2) is 96.9 Å². The number of aliphatic hydroxyl groups excluding tert-OH is 2. The molecule has 2 amide bonds. The average molecular weight is 735 g/mol. The largest absolute Gasteiger partial charge is 0.390 e. The normalized spacial score (nSPS) is 16.6. The summed E-state index contributed by atoms with van der Waals surface area (Å²) in [5.74, 6) is 2.56. The summed E-state index contributed by atoms with van der Waals surface area (Å²) in [5.41, 5.74) is 1.89. The molecule has 1 fully saturated rings. The predicted octanol–water partition coefficient (Wildman–Crippen LogP) is 3.73. The molecule has 0 bridgehead atoms. The summed E-state index contributed by atoms with van der Waals surface area (Å²) in [7, 11) is -0.460. The van der Waals surface area contributed by atoms with E-state index in [0.29, 0.717) is 32.4 Å². The minimum Gasteiger partial charge on any atom is -0.390 e. The molecule has 2 aromatic carbocycles. The van der Waals surface area contributed by atoms with Crippen LogP contribution in [-0.2, 0) is 32.6 Å². The summed E-state index contributed by atoms with van der Waals surface area (Å²) in [6.07, 6.45) is 15.6. The number of amides is 2. The number of hydrogen-bond acceptors (Lipinski definition) is 7. The highest BCUT2D eigenvalue weighted by molar-refractivity contribution is 7.89. The van der Waals surface area contributed by atoms with E-state index in [9.17, 15) is 28.2 Å². The van der Waals surface area contributed by atoms with E-state index in [1.165, 1.54) is 11.4 Å². The maximum Gasteiger partial charge on any atom is 0.243 e. The third kappa shape index (κ3) is 14.7. The second-order valence-electron chi connectivity index (χ2n) is 14.2. The summed E-state index contributed by atoms with van der Waals surface area (Å²) in [6.45, 7) is 1.37. The van der Waals surface area contributed by atoms with Gasteiger partial charge in [0.2, 0.25) is 21.8 Å². The van der Waals surface area contributed by atoms with Crippen molar-refractivity contribution in [2.75, 3.05) is 32.9 Å². The fourth-order valence-electron chi connectivity index (χ4n) is 6.75. The molecule has 2 aromatic rings. The molecule has 0 radical (unpaired) electrons. The molecule has 3 rings (SSSR count). The zero-order valence-electron chi connectivity index (χ0n) is 30.8. The molecule has 0 heterocycles. The topological polar surface area (TPSA) is 139 Å². The van der Waals surface area contributed by atoms with Crippen molar-refractivity contribution < 1.29 is 28.2 Å². The van der Waals surface area contributed by atoms with Gasteiger partial charge in [0.25, 0.3) is 0 Å². The van der Waals surface area contributed by atoms with Crippen molar-refractivity contribution in [2.24, 2.45) is 11.8 Å². The predicted molar refractivity (Wildman–Crippen MR) is 206 cm³/mol. The lowest BCUT2D eigenvalue weighted by molar-refractivity contribution is -0.132. The Balaban J connectivity index is 1.74. The number of terminal acetylenes is 2. The second kappa shape index (κ2) is 22.4. The quantitative estimate of drug-likeness (QED) is 0.107. The first kappa shape index (κ1) is 42.7. The smallest absolute Gasteiger partial charge is 0.243 e. The van der Waals surface area contributed by atoms with Crippen molar-refractivity contribution in [1.82, 2.24) is 19.8 Å². The van der Waals surface area contributed by atoms with E-state index in [2.05, 4.69) is 22.5 Å². The molecule has 0 saturated heterocycles. The number of aliphatic hydroxyl groups is 2. The number of nitrogens with zero attached hydrogens (tertiary/aromatic N) is 2. The summed E-state index contributed by atoms with van der Waals surface area (Å²) < 4.78 is 28.6. The molecule has 284 valence electrons.